The van der Waals surface area contributed by atoms with Crippen LogP contribution in [0.3, 0.4) is 0 Å². The van der Waals surface area contributed by atoms with Crippen LogP contribution in [0.2, 0.25) is 5.15 Å². The summed E-state index contributed by atoms with van der Waals surface area (Å²) in [5, 5.41) is 0.107. The van der Waals surface area contributed by atoms with Gasteiger partial charge in [0.25, 0.3) is 5.56 Å². The zero-order valence-corrected chi connectivity index (χ0v) is 12.3. The second-order valence-corrected chi connectivity index (χ2v) is 6.56. The predicted molar refractivity (Wildman–Crippen MR) is 76.7 cm³/mol. The molecule has 1 saturated carbocycles. The van der Waals surface area contributed by atoms with Gasteiger partial charge < -0.3 is 0 Å². The Kier molecular flexibility index (Phi) is 4.19. The van der Waals surface area contributed by atoms with E-state index in [-0.39, 0.29) is 16.1 Å². The van der Waals surface area contributed by atoms with Gasteiger partial charge in [0.15, 0.2) is 0 Å². The maximum atomic E-state index is 11.9. The highest BCUT2D eigenvalue weighted by Gasteiger charge is 2.35. The first-order chi connectivity index (χ1) is 8.92. The largest absolute Gasteiger partial charge is 0.329 e. The molecule has 0 aromatic carbocycles. The van der Waals surface area contributed by atoms with Crippen LogP contribution in [0.15, 0.2) is 15.7 Å². The number of hydrogen-bond donors (Lipinski definition) is 1. The van der Waals surface area contributed by atoms with E-state index in [0.717, 1.165) is 19.3 Å². The zero-order chi connectivity index (χ0) is 14.0. The van der Waals surface area contributed by atoms with Gasteiger partial charge in [-0.05, 0) is 30.6 Å². The number of aromatic amines is 1. The lowest BCUT2D eigenvalue weighted by Gasteiger charge is -2.31. The fourth-order valence-corrected chi connectivity index (χ4v) is 3.57. The smallest absolute Gasteiger partial charge is 0.298 e. The number of halogens is 1. The molecule has 5 heteroatoms. The number of nitrogens with one attached hydrogen (secondary N) is 1. The lowest BCUT2D eigenvalue weighted by atomic mass is 9.78. The van der Waals surface area contributed by atoms with Gasteiger partial charge in [-0.1, -0.05) is 38.3 Å². The van der Waals surface area contributed by atoms with Crippen LogP contribution in [0.5, 0.6) is 0 Å². The second kappa shape index (κ2) is 5.53. The highest BCUT2D eigenvalue weighted by Crippen LogP contribution is 2.44. The van der Waals surface area contributed by atoms with Crippen LogP contribution in [0.4, 0.5) is 0 Å². The summed E-state index contributed by atoms with van der Waals surface area (Å²) < 4.78 is 1.31. The quantitative estimate of drug-likeness (QED) is 0.865. The van der Waals surface area contributed by atoms with E-state index in [1.54, 1.807) is 0 Å². The zero-order valence-electron chi connectivity index (χ0n) is 11.5. The second-order valence-electron chi connectivity index (χ2n) is 6.15. The van der Waals surface area contributed by atoms with Crippen molar-refractivity contribution in [2.24, 2.45) is 11.3 Å². The topological polar surface area (TPSA) is 54.9 Å². The maximum absolute atomic E-state index is 11.9. The van der Waals surface area contributed by atoms with Crippen LogP contribution in [0.1, 0.15) is 46.0 Å². The van der Waals surface area contributed by atoms with Crippen molar-refractivity contribution in [2.45, 2.75) is 52.5 Å². The highest BCUT2D eigenvalue weighted by molar-refractivity contribution is 6.29. The van der Waals surface area contributed by atoms with Crippen LogP contribution in [-0.4, -0.2) is 9.55 Å². The van der Waals surface area contributed by atoms with Crippen molar-refractivity contribution < 1.29 is 0 Å². The van der Waals surface area contributed by atoms with Gasteiger partial charge in [0, 0.05) is 12.6 Å². The van der Waals surface area contributed by atoms with E-state index in [1.165, 1.54) is 23.5 Å². The molecule has 106 valence electrons. The molecule has 2 rings (SSSR count). The van der Waals surface area contributed by atoms with Crippen LogP contribution in [0.25, 0.3) is 0 Å². The van der Waals surface area contributed by atoms with Gasteiger partial charge in [0.05, 0.1) is 0 Å². The molecule has 0 atom stereocenters. The van der Waals surface area contributed by atoms with Crippen molar-refractivity contribution in [1.82, 2.24) is 9.55 Å². The van der Waals surface area contributed by atoms with Gasteiger partial charge in [0.1, 0.15) is 5.15 Å². The Bertz CT molecular complexity index is 522. The van der Waals surface area contributed by atoms with Crippen molar-refractivity contribution in [3.05, 3.63) is 32.1 Å². The summed E-state index contributed by atoms with van der Waals surface area (Å²) in [5.41, 5.74) is -0.602. The number of nitrogens with zero attached hydrogens (tertiary/aromatic N) is 1. The fraction of sp³-hybridized carbons (Fsp3) is 0.714. The van der Waals surface area contributed by atoms with E-state index >= 15 is 0 Å². The summed E-state index contributed by atoms with van der Waals surface area (Å²) in [4.78, 5) is 26.3. The summed E-state index contributed by atoms with van der Waals surface area (Å²) in [7, 11) is 0. The van der Waals surface area contributed by atoms with E-state index < -0.39 is 5.69 Å². The van der Waals surface area contributed by atoms with Crippen molar-refractivity contribution in [3.63, 3.8) is 0 Å². The number of hydrogen-bond acceptors (Lipinski definition) is 2. The van der Waals surface area contributed by atoms with E-state index in [2.05, 4.69) is 18.8 Å². The third-order valence-corrected chi connectivity index (χ3v) is 4.19. The maximum Gasteiger partial charge on any atom is 0.329 e. The fourth-order valence-electron chi connectivity index (χ4n) is 3.40. The molecule has 1 aliphatic rings. The summed E-state index contributed by atoms with van der Waals surface area (Å²) in [5.74, 6) is 0.570. The van der Waals surface area contributed by atoms with E-state index in [4.69, 9.17) is 11.6 Å². The first kappa shape index (κ1) is 14.4. The van der Waals surface area contributed by atoms with Gasteiger partial charge >= 0.3 is 5.69 Å². The van der Waals surface area contributed by atoms with Crippen molar-refractivity contribution in [2.75, 3.05) is 0 Å². The van der Waals surface area contributed by atoms with Crippen molar-refractivity contribution in [3.8, 4) is 0 Å². The van der Waals surface area contributed by atoms with Gasteiger partial charge in [-0.2, -0.15) is 0 Å². The Balaban J connectivity index is 2.33. The van der Waals surface area contributed by atoms with Gasteiger partial charge in [-0.3, -0.25) is 14.3 Å². The van der Waals surface area contributed by atoms with Crippen LogP contribution >= 0.6 is 11.6 Å². The molecule has 0 aliphatic heterocycles. The van der Waals surface area contributed by atoms with Gasteiger partial charge in [0.2, 0.25) is 0 Å². The molecule has 0 radical (unpaired) electrons. The monoisotopic (exact) mass is 284 g/mol. The Morgan fingerprint density at radius 3 is 2.53 bits per heavy atom. The first-order valence-electron chi connectivity index (χ1n) is 6.92. The molecule has 1 aromatic heterocycles. The summed E-state index contributed by atoms with van der Waals surface area (Å²) in [6.07, 6.45) is 5.63. The Morgan fingerprint density at radius 1 is 1.37 bits per heavy atom. The number of H-pyrrole nitrogens is 1. The molecule has 1 aliphatic carbocycles. The third kappa shape index (κ3) is 3.30. The first-order valence-corrected chi connectivity index (χ1v) is 7.29. The summed E-state index contributed by atoms with van der Waals surface area (Å²) in [6.45, 7) is 4.89. The average molecular weight is 285 g/mol. The molecule has 1 N–H and O–H groups in total. The SMILES string of the molecule is CC(C)CC1(Cn2c(=O)cc(Cl)[nH]c2=O)CCCC1. The molecule has 0 spiro atoms. The normalized spacial score (nSPS) is 18.1. The standard InChI is InChI=1S/C14H21ClN2O2/c1-10(2)8-14(5-3-4-6-14)9-17-12(18)7-11(15)16-13(17)19/h7,10H,3-6,8-9H2,1-2H3,(H,16,19). The average Bonchev–Trinajstić information content (AvgIpc) is 2.71. The minimum Gasteiger partial charge on any atom is -0.298 e. The Labute approximate surface area is 117 Å². The molecule has 0 amide bonds. The molecule has 1 heterocycles. The lowest BCUT2D eigenvalue weighted by Crippen LogP contribution is -2.40. The molecule has 0 unspecified atom stereocenters. The third-order valence-electron chi connectivity index (χ3n) is 3.99. The summed E-state index contributed by atoms with van der Waals surface area (Å²) in [6, 6.07) is 1.28. The van der Waals surface area contributed by atoms with Crippen LogP contribution < -0.4 is 11.2 Å². The van der Waals surface area contributed by atoms with E-state index in [0.29, 0.717) is 12.5 Å². The molecular weight excluding hydrogens is 264 g/mol. The van der Waals surface area contributed by atoms with Crippen LogP contribution in [-0.2, 0) is 6.54 Å². The van der Waals surface area contributed by atoms with Gasteiger partial charge in [-0.15, -0.1) is 0 Å². The van der Waals surface area contributed by atoms with E-state index in [1.807, 2.05) is 0 Å². The van der Waals surface area contributed by atoms with Crippen molar-refractivity contribution >= 4 is 11.6 Å². The number of rotatable bonds is 4. The van der Waals surface area contributed by atoms with Crippen LogP contribution in [0, 0.1) is 11.3 Å². The van der Waals surface area contributed by atoms with Gasteiger partial charge in [-0.25, -0.2) is 4.79 Å². The molecule has 19 heavy (non-hydrogen) atoms. The number of aromatic nitrogens is 2. The highest BCUT2D eigenvalue weighted by atomic mass is 35.5. The lowest BCUT2D eigenvalue weighted by molar-refractivity contribution is 0.191. The Morgan fingerprint density at radius 2 is 2.00 bits per heavy atom. The molecular formula is C14H21ClN2O2. The minimum absolute atomic E-state index is 0.0961. The minimum atomic E-state index is -0.396. The molecule has 1 fully saturated rings. The summed E-state index contributed by atoms with van der Waals surface area (Å²) >= 11 is 5.69. The predicted octanol–water partition coefficient (Wildman–Crippen LogP) is 2.80. The van der Waals surface area contributed by atoms with E-state index in [9.17, 15) is 9.59 Å². The molecule has 0 saturated heterocycles. The molecule has 0 bridgehead atoms. The van der Waals surface area contributed by atoms with Crippen molar-refractivity contribution in [1.29, 1.82) is 0 Å². The molecule has 1 aromatic rings. The molecule has 4 nitrogen and oxygen atoms in total. The Hall–Kier alpha value is -1.03.